The molecule has 0 aliphatic carbocycles. The average molecular weight is 399 g/mol. The van der Waals surface area contributed by atoms with Crippen LogP contribution in [0.5, 0.6) is 0 Å². The van der Waals surface area contributed by atoms with Gasteiger partial charge < -0.3 is 9.47 Å². The van der Waals surface area contributed by atoms with Gasteiger partial charge in [-0.1, -0.05) is 79.8 Å². The highest BCUT2D eigenvalue weighted by atomic mass is 16.6. The zero-order valence-electron chi connectivity index (χ0n) is 18.2. The van der Waals surface area contributed by atoms with E-state index in [0.29, 0.717) is 6.42 Å². The number of epoxide rings is 1. The summed E-state index contributed by atoms with van der Waals surface area (Å²) in [5, 5.41) is 0. The number of methoxy groups -OCH3 is 1. The van der Waals surface area contributed by atoms with Crippen LogP contribution in [0.1, 0.15) is 64.7 Å². The highest BCUT2D eigenvalue weighted by Gasteiger charge is 2.37. The van der Waals surface area contributed by atoms with Gasteiger partial charge in [-0.05, 0) is 51.4 Å². The Kier molecular flexibility index (Phi) is 15.4. The van der Waals surface area contributed by atoms with E-state index in [4.69, 9.17) is 4.74 Å². The molecule has 0 amide bonds. The van der Waals surface area contributed by atoms with Crippen LogP contribution in [-0.4, -0.2) is 25.3 Å². The SMILES string of the molecule is CC/C=C\C/C=C\C/C=C\C/C=C\C/C=C\C/C=C\CC1OC1CCC(=O)OC. The van der Waals surface area contributed by atoms with E-state index in [-0.39, 0.29) is 18.2 Å². The maximum absolute atomic E-state index is 11.1. The monoisotopic (exact) mass is 398 g/mol. The molecule has 2 atom stereocenters. The Bertz CT molecular complexity index is 593. The summed E-state index contributed by atoms with van der Waals surface area (Å²) in [7, 11) is 1.42. The zero-order chi connectivity index (χ0) is 21.0. The van der Waals surface area contributed by atoms with Gasteiger partial charge in [0.25, 0.3) is 0 Å². The Balaban J connectivity index is 1.93. The van der Waals surface area contributed by atoms with Crippen LogP contribution < -0.4 is 0 Å². The molecule has 0 bridgehead atoms. The summed E-state index contributed by atoms with van der Waals surface area (Å²) in [4.78, 5) is 11.1. The van der Waals surface area contributed by atoms with Crippen LogP contribution in [0.4, 0.5) is 0 Å². The molecular formula is C26H38O3. The Hall–Kier alpha value is -2.13. The van der Waals surface area contributed by atoms with Gasteiger partial charge in [0.05, 0.1) is 19.3 Å². The molecule has 2 unspecified atom stereocenters. The van der Waals surface area contributed by atoms with Gasteiger partial charge in [0.2, 0.25) is 0 Å². The van der Waals surface area contributed by atoms with E-state index in [1.54, 1.807) is 0 Å². The van der Waals surface area contributed by atoms with Crippen molar-refractivity contribution < 1.29 is 14.3 Å². The number of carbonyl (C=O) groups excluding carboxylic acids is 1. The summed E-state index contributed by atoms with van der Waals surface area (Å²) < 4.78 is 10.2. The Morgan fingerprint density at radius 3 is 1.62 bits per heavy atom. The Labute approximate surface area is 177 Å². The number of ether oxygens (including phenoxy) is 2. The quantitative estimate of drug-likeness (QED) is 0.163. The zero-order valence-corrected chi connectivity index (χ0v) is 18.2. The lowest BCUT2D eigenvalue weighted by Gasteiger charge is -1.95. The molecule has 1 fully saturated rings. The van der Waals surface area contributed by atoms with Crippen molar-refractivity contribution in [3.8, 4) is 0 Å². The number of hydrogen-bond donors (Lipinski definition) is 0. The average Bonchev–Trinajstić information content (AvgIpc) is 3.49. The van der Waals surface area contributed by atoms with Crippen molar-refractivity contribution in [2.24, 2.45) is 0 Å². The minimum absolute atomic E-state index is 0.159. The molecule has 3 nitrogen and oxygen atoms in total. The number of carbonyl (C=O) groups is 1. The third kappa shape index (κ3) is 15.5. The molecule has 3 heteroatoms. The fourth-order valence-corrected chi connectivity index (χ4v) is 2.75. The first-order valence-electron chi connectivity index (χ1n) is 10.9. The van der Waals surface area contributed by atoms with Gasteiger partial charge in [0.15, 0.2) is 0 Å². The second-order valence-corrected chi connectivity index (χ2v) is 6.98. The van der Waals surface area contributed by atoms with Gasteiger partial charge >= 0.3 is 5.97 Å². The summed E-state index contributed by atoms with van der Waals surface area (Å²) in [6, 6.07) is 0. The molecule has 1 aliphatic rings. The Morgan fingerprint density at radius 1 is 0.724 bits per heavy atom. The van der Waals surface area contributed by atoms with Crippen LogP contribution in [0.25, 0.3) is 0 Å². The highest BCUT2D eigenvalue weighted by Crippen LogP contribution is 2.29. The van der Waals surface area contributed by atoms with Crippen LogP contribution in [-0.2, 0) is 14.3 Å². The van der Waals surface area contributed by atoms with E-state index in [1.807, 2.05) is 0 Å². The van der Waals surface area contributed by atoms with E-state index in [0.717, 1.165) is 51.4 Å². The second kappa shape index (κ2) is 17.9. The second-order valence-electron chi connectivity index (χ2n) is 6.98. The van der Waals surface area contributed by atoms with Gasteiger partial charge in [-0.25, -0.2) is 0 Å². The molecule has 29 heavy (non-hydrogen) atoms. The molecule has 160 valence electrons. The van der Waals surface area contributed by atoms with E-state index in [2.05, 4.69) is 84.6 Å². The predicted octanol–water partition coefficient (Wildman–Crippen LogP) is 6.79. The number of esters is 1. The van der Waals surface area contributed by atoms with Gasteiger partial charge in [-0.2, -0.15) is 0 Å². The van der Waals surface area contributed by atoms with Crippen molar-refractivity contribution in [2.45, 2.75) is 76.9 Å². The molecule has 0 saturated carbocycles. The summed E-state index contributed by atoms with van der Waals surface area (Å²) in [5.74, 6) is -0.159. The minimum Gasteiger partial charge on any atom is -0.469 e. The first-order valence-corrected chi connectivity index (χ1v) is 10.9. The van der Waals surface area contributed by atoms with Crippen LogP contribution >= 0.6 is 0 Å². The highest BCUT2D eigenvalue weighted by molar-refractivity contribution is 5.69. The maximum Gasteiger partial charge on any atom is 0.305 e. The molecule has 1 aliphatic heterocycles. The van der Waals surface area contributed by atoms with Gasteiger partial charge in [0.1, 0.15) is 0 Å². The summed E-state index contributed by atoms with van der Waals surface area (Å²) in [5.41, 5.74) is 0. The molecule has 0 radical (unpaired) electrons. The molecule has 0 N–H and O–H groups in total. The topological polar surface area (TPSA) is 38.8 Å². The number of hydrogen-bond acceptors (Lipinski definition) is 3. The van der Waals surface area contributed by atoms with Crippen LogP contribution in [0.2, 0.25) is 0 Å². The molecule has 0 aromatic carbocycles. The Morgan fingerprint density at radius 2 is 1.17 bits per heavy atom. The van der Waals surface area contributed by atoms with Crippen LogP contribution in [0.15, 0.2) is 72.9 Å². The molecule has 0 aromatic rings. The fourth-order valence-electron chi connectivity index (χ4n) is 2.75. The van der Waals surface area contributed by atoms with Crippen molar-refractivity contribution >= 4 is 5.97 Å². The molecule has 0 aromatic heterocycles. The van der Waals surface area contributed by atoms with Crippen molar-refractivity contribution in [3.05, 3.63) is 72.9 Å². The van der Waals surface area contributed by atoms with Gasteiger partial charge in [-0.15, -0.1) is 0 Å². The number of allylic oxidation sites excluding steroid dienone is 11. The van der Waals surface area contributed by atoms with E-state index in [1.165, 1.54) is 7.11 Å². The summed E-state index contributed by atoms with van der Waals surface area (Å²) >= 11 is 0. The molecular weight excluding hydrogens is 360 g/mol. The minimum atomic E-state index is -0.159. The molecule has 1 saturated heterocycles. The predicted molar refractivity (Wildman–Crippen MR) is 123 cm³/mol. The van der Waals surface area contributed by atoms with Crippen molar-refractivity contribution in [3.63, 3.8) is 0 Å². The van der Waals surface area contributed by atoms with E-state index >= 15 is 0 Å². The van der Waals surface area contributed by atoms with Crippen LogP contribution in [0, 0.1) is 0 Å². The van der Waals surface area contributed by atoms with Crippen molar-refractivity contribution in [1.82, 2.24) is 0 Å². The largest absolute Gasteiger partial charge is 0.469 e. The lowest BCUT2D eigenvalue weighted by molar-refractivity contribution is -0.140. The lowest BCUT2D eigenvalue weighted by Crippen LogP contribution is -2.03. The number of rotatable bonds is 16. The van der Waals surface area contributed by atoms with Gasteiger partial charge in [-0.3, -0.25) is 4.79 Å². The maximum atomic E-state index is 11.1. The van der Waals surface area contributed by atoms with Gasteiger partial charge in [0, 0.05) is 6.42 Å². The van der Waals surface area contributed by atoms with Crippen molar-refractivity contribution in [2.75, 3.05) is 7.11 Å². The summed E-state index contributed by atoms with van der Waals surface area (Å²) in [6.07, 6.45) is 35.2. The normalized spacial score (nSPS) is 19.8. The van der Waals surface area contributed by atoms with Crippen molar-refractivity contribution in [1.29, 1.82) is 0 Å². The first kappa shape index (κ1) is 24.9. The summed E-state index contributed by atoms with van der Waals surface area (Å²) in [6.45, 7) is 2.15. The smallest absolute Gasteiger partial charge is 0.305 e. The standard InChI is InChI=1S/C26H38O3/c1-3-4-5-6-7-8-9-10-11-12-13-14-15-16-17-18-19-20-21-24-25(29-24)22-23-26(27)28-2/h4-5,7-8,10-11,13-14,16-17,19-20,24-25H,3,6,9,12,15,18,21-23H2,1-2H3/b5-4-,8-7-,11-10-,14-13-,17-16-,20-19-. The van der Waals surface area contributed by atoms with E-state index < -0.39 is 0 Å². The lowest BCUT2D eigenvalue weighted by atomic mass is 10.1. The van der Waals surface area contributed by atoms with Crippen LogP contribution in [0.3, 0.4) is 0 Å². The molecule has 1 heterocycles. The first-order chi connectivity index (χ1) is 14.3. The molecule has 1 rings (SSSR count). The third-order valence-corrected chi connectivity index (χ3v) is 4.51. The fraction of sp³-hybridized carbons (Fsp3) is 0.500. The third-order valence-electron chi connectivity index (χ3n) is 4.51. The van der Waals surface area contributed by atoms with E-state index in [9.17, 15) is 4.79 Å². The molecule has 0 spiro atoms.